The predicted octanol–water partition coefficient (Wildman–Crippen LogP) is 2.74. The molecule has 0 spiro atoms. The second kappa shape index (κ2) is 6.60. The number of rotatable bonds is 6. The van der Waals surface area contributed by atoms with Crippen molar-refractivity contribution in [2.75, 3.05) is 6.54 Å². The van der Waals surface area contributed by atoms with Gasteiger partial charge < -0.3 is 0 Å². The number of nitro groups is 2. The molecule has 0 radical (unpaired) electrons. The lowest BCUT2D eigenvalue weighted by atomic mass is 9.85. The van der Waals surface area contributed by atoms with Gasteiger partial charge in [0, 0.05) is 9.85 Å². The fourth-order valence-corrected chi connectivity index (χ4v) is 2.40. The van der Waals surface area contributed by atoms with E-state index in [1.165, 1.54) is 0 Å². The maximum atomic E-state index is 11.3. The molecule has 0 saturated carbocycles. The van der Waals surface area contributed by atoms with Gasteiger partial charge in [-0.05, 0) is 11.1 Å². The molecule has 0 aliphatic rings. The van der Waals surface area contributed by atoms with Gasteiger partial charge in [-0.15, -0.1) is 0 Å². The van der Waals surface area contributed by atoms with Crippen molar-refractivity contribution < 1.29 is 9.85 Å². The molecular weight excluding hydrogens is 272 g/mol. The van der Waals surface area contributed by atoms with Gasteiger partial charge >= 0.3 is 0 Å². The summed E-state index contributed by atoms with van der Waals surface area (Å²) in [5.41, 5.74) is 1.40. The minimum atomic E-state index is -1.30. The molecule has 0 aromatic heterocycles. The smallest absolute Gasteiger partial charge is 0.264 e. The highest BCUT2D eigenvalue weighted by Gasteiger charge is 2.38. The molecule has 0 fully saturated rings. The first kappa shape index (κ1) is 14.6. The first-order valence-electron chi connectivity index (χ1n) is 6.45. The average molecular weight is 286 g/mol. The van der Waals surface area contributed by atoms with Crippen LogP contribution in [0.1, 0.15) is 17.0 Å². The Bertz CT molecular complexity index is 577. The van der Waals surface area contributed by atoms with Gasteiger partial charge in [-0.25, -0.2) is 0 Å². The minimum Gasteiger partial charge on any atom is -0.264 e. The van der Waals surface area contributed by atoms with Crippen molar-refractivity contribution in [3.05, 3.63) is 92.0 Å². The van der Waals surface area contributed by atoms with Gasteiger partial charge in [-0.3, -0.25) is 20.2 Å². The molecule has 1 unspecified atom stereocenters. The molecule has 0 amide bonds. The van der Waals surface area contributed by atoms with Gasteiger partial charge in [-0.2, -0.15) is 0 Å². The lowest BCUT2D eigenvalue weighted by molar-refractivity contribution is -0.589. The van der Waals surface area contributed by atoms with Crippen LogP contribution < -0.4 is 0 Å². The normalized spacial score (nSPS) is 12.0. The van der Waals surface area contributed by atoms with Crippen LogP contribution in [0.3, 0.4) is 0 Å². The molecule has 21 heavy (non-hydrogen) atoms. The summed E-state index contributed by atoms with van der Waals surface area (Å²) in [5, 5.41) is 22.1. The molecule has 1 atom stereocenters. The number of benzene rings is 2. The average Bonchev–Trinajstić information content (AvgIpc) is 2.48. The zero-order chi connectivity index (χ0) is 15.2. The van der Waals surface area contributed by atoms with E-state index in [1.807, 2.05) is 0 Å². The van der Waals surface area contributed by atoms with E-state index >= 15 is 0 Å². The van der Waals surface area contributed by atoms with Crippen LogP contribution in [0.5, 0.6) is 0 Å². The van der Waals surface area contributed by atoms with Crippen LogP contribution in [-0.2, 0) is 0 Å². The van der Waals surface area contributed by atoms with E-state index in [9.17, 15) is 20.2 Å². The second-order valence-electron chi connectivity index (χ2n) is 4.67. The summed E-state index contributed by atoms with van der Waals surface area (Å²) in [6, 6.07) is 16.4. The van der Waals surface area contributed by atoms with Crippen molar-refractivity contribution in [3.63, 3.8) is 0 Å². The molecule has 0 aliphatic heterocycles. The topological polar surface area (TPSA) is 86.3 Å². The third-order valence-corrected chi connectivity index (χ3v) is 3.31. The van der Waals surface area contributed by atoms with Gasteiger partial charge in [0.2, 0.25) is 0 Å². The highest BCUT2D eigenvalue weighted by Crippen LogP contribution is 2.29. The van der Waals surface area contributed by atoms with E-state index in [4.69, 9.17) is 0 Å². The quantitative estimate of drug-likeness (QED) is 0.603. The maximum Gasteiger partial charge on any atom is 0.286 e. The Morgan fingerprint density at radius 3 is 1.57 bits per heavy atom. The van der Waals surface area contributed by atoms with E-state index in [-0.39, 0.29) is 0 Å². The van der Waals surface area contributed by atoms with Crippen molar-refractivity contribution in [1.82, 2.24) is 0 Å². The molecule has 0 N–H and O–H groups in total. The molecule has 6 nitrogen and oxygen atoms in total. The van der Waals surface area contributed by atoms with Gasteiger partial charge in [0.1, 0.15) is 0 Å². The second-order valence-corrected chi connectivity index (χ2v) is 4.67. The first-order chi connectivity index (χ1) is 10.1. The van der Waals surface area contributed by atoms with Gasteiger partial charge in [0.25, 0.3) is 12.6 Å². The van der Waals surface area contributed by atoms with Gasteiger partial charge in [0.05, 0.1) is 5.92 Å². The number of hydrogen-bond acceptors (Lipinski definition) is 4. The van der Waals surface area contributed by atoms with Gasteiger partial charge in [0.15, 0.2) is 0 Å². The molecule has 0 bridgehead atoms. The third kappa shape index (κ3) is 3.62. The summed E-state index contributed by atoms with van der Waals surface area (Å²) in [6.07, 6.45) is 0. The van der Waals surface area contributed by atoms with Crippen molar-refractivity contribution in [2.24, 2.45) is 0 Å². The van der Waals surface area contributed by atoms with Crippen LogP contribution in [0.15, 0.2) is 60.7 Å². The van der Waals surface area contributed by atoms with E-state index in [2.05, 4.69) is 0 Å². The van der Waals surface area contributed by atoms with Crippen molar-refractivity contribution in [2.45, 2.75) is 12.0 Å². The first-order valence-corrected chi connectivity index (χ1v) is 6.45. The summed E-state index contributed by atoms with van der Waals surface area (Å²) in [7, 11) is 0. The Balaban J connectivity index is 2.49. The highest BCUT2D eigenvalue weighted by atomic mass is 16.6. The van der Waals surface area contributed by atoms with E-state index in [0.717, 1.165) is 0 Å². The van der Waals surface area contributed by atoms with Crippen LogP contribution in [0.2, 0.25) is 0 Å². The summed E-state index contributed by atoms with van der Waals surface area (Å²) < 4.78 is 0. The van der Waals surface area contributed by atoms with E-state index in [0.29, 0.717) is 11.1 Å². The Morgan fingerprint density at radius 2 is 1.24 bits per heavy atom. The fraction of sp³-hybridized carbons (Fsp3) is 0.200. The third-order valence-electron chi connectivity index (χ3n) is 3.31. The summed E-state index contributed by atoms with van der Waals surface area (Å²) in [5.74, 6) is -0.646. The lowest BCUT2D eigenvalue weighted by Crippen LogP contribution is -2.35. The maximum absolute atomic E-state index is 11.3. The van der Waals surface area contributed by atoms with Crippen LogP contribution in [0.4, 0.5) is 0 Å². The summed E-state index contributed by atoms with van der Waals surface area (Å²) in [4.78, 5) is 20.9. The van der Waals surface area contributed by atoms with Crippen LogP contribution >= 0.6 is 0 Å². The molecule has 6 heteroatoms. The van der Waals surface area contributed by atoms with Crippen LogP contribution in [0.25, 0.3) is 0 Å². The molecule has 2 aromatic carbocycles. The van der Waals surface area contributed by atoms with Gasteiger partial charge in [-0.1, -0.05) is 60.7 Å². The fourth-order valence-electron chi connectivity index (χ4n) is 2.40. The molecule has 0 heterocycles. The summed E-state index contributed by atoms with van der Waals surface area (Å²) >= 11 is 0. The zero-order valence-corrected chi connectivity index (χ0v) is 11.2. The Kier molecular flexibility index (Phi) is 4.61. The number of hydrogen-bond donors (Lipinski definition) is 0. The van der Waals surface area contributed by atoms with E-state index in [1.54, 1.807) is 60.7 Å². The van der Waals surface area contributed by atoms with Crippen molar-refractivity contribution in [1.29, 1.82) is 0 Å². The Morgan fingerprint density at radius 1 is 0.810 bits per heavy atom. The van der Waals surface area contributed by atoms with Crippen LogP contribution in [-0.4, -0.2) is 22.4 Å². The minimum absolute atomic E-state index is 0.562. The predicted molar refractivity (Wildman–Crippen MR) is 77.4 cm³/mol. The molecule has 2 rings (SSSR count). The molecular formula is C15H14N2O4. The summed E-state index contributed by atoms with van der Waals surface area (Å²) in [6.45, 7) is -0.707. The van der Waals surface area contributed by atoms with Crippen molar-refractivity contribution in [3.8, 4) is 0 Å². The molecule has 0 saturated heterocycles. The lowest BCUT2D eigenvalue weighted by Gasteiger charge is -2.19. The molecule has 2 aromatic rings. The SMILES string of the molecule is O=[N+]([O-])CC(C(c1ccccc1)c1ccccc1)[N+](=O)[O-]. The molecule has 108 valence electrons. The zero-order valence-electron chi connectivity index (χ0n) is 11.2. The standard InChI is InChI=1S/C15H14N2O4/c18-16(19)11-14(17(20)21)15(12-7-3-1-4-8-12)13-9-5-2-6-10-13/h1-10,14-15H,11H2. The largest absolute Gasteiger partial charge is 0.286 e. The highest BCUT2D eigenvalue weighted by molar-refractivity contribution is 5.33. The Hall–Kier alpha value is -2.76. The monoisotopic (exact) mass is 286 g/mol. The van der Waals surface area contributed by atoms with E-state index < -0.39 is 28.4 Å². The van der Waals surface area contributed by atoms with Crippen LogP contribution in [0, 0.1) is 20.2 Å². The molecule has 0 aliphatic carbocycles. The Labute approximate surface area is 121 Å². The number of nitrogens with zero attached hydrogens (tertiary/aromatic N) is 2. The van der Waals surface area contributed by atoms with Crippen molar-refractivity contribution >= 4 is 0 Å².